The Kier molecular flexibility index (Phi) is 5.06. The van der Waals surface area contributed by atoms with Crippen molar-refractivity contribution in [2.24, 2.45) is 10.9 Å². The first kappa shape index (κ1) is 14.0. The van der Waals surface area contributed by atoms with Gasteiger partial charge in [-0.2, -0.15) is 11.8 Å². The Morgan fingerprint density at radius 1 is 1.60 bits per heavy atom. The molecule has 5 heteroatoms. The molecule has 110 valence electrons. The van der Waals surface area contributed by atoms with E-state index in [1.165, 1.54) is 0 Å². The molecule has 1 aliphatic heterocycles. The number of likely N-dealkylation sites (N-methyl/N-ethyl adjacent to an activating group) is 1. The monoisotopic (exact) mass is 295 g/mol. The number of aliphatic imine (C=N–C) groups is 1. The van der Waals surface area contributed by atoms with Crippen LogP contribution in [0.3, 0.4) is 0 Å². The maximum Gasteiger partial charge on any atom is 0.166 e. The quantitative estimate of drug-likeness (QED) is 0.774. The number of rotatable bonds is 7. The molecular formula is C15H22N2O2S. The van der Waals surface area contributed by atoms with Gasteiger partial charge in [0.1, 0.15) is 0 Å². The summed E-state index contributed by atoms with van der Waals surface area (Å²) in [6.45, 7) is 1.70. The third-order valence-corrected chi connectivity index (χ3v) is 4.39. The van der Waals surface area contributed by atoms with E-state index >= 15 is 0 Å². The van der Waals surface area contributed by atoms with Crippen LogP contribution in [0.5, 0.6) is 0 Å². The van der Waals surface area contributed by atoms with Crippen LogP contribution in [0.25, 0.3) is 0 Å². The van der Waals surface area contributed by atoms with E-state index in [2.05, 4.69) is 9.89 Å². The van der Waals surface area contributed by atoms with E-state index in [0.717, 1.165) is 23.4 Å². The van der Waals surface area contributed by atoms with Crippen molar-refractivity contribution in [2.75, 3.05) is 38.8 Å². The molecule has 0 saturated heterocycles. The highest BCUT2D eigenvalue weighted by Crippen LogP contribution is 2.31. The third kappa shape index (κ3) is 3.59. The van der Waals surface area contributed by atoms with Crippen molar-refractivity contribution in [2.45, 2.75) is 12.8 Å². The fourth-order valence-electron chi connectivity index (χ4n) is 2.63. The highest BCUT2D eigenvalue weighted by molar-refractivity contribution is 7.98. The van der Waals surface area contributed by atoms with E-state index < -0.39 is 0 Å². The second kappa shape index (κ2) is 7.20. The summed E-state index contributed by atoms with van der Waals surface area (Å²) in [7, 11) is 2.01. The molecule has 1 heterocycles. The molecule has 1 atom stereocenters. The van der Waals surface area contributed by atoms with Crippen molar-refractivity contribution in [1.29, 1.82) is 0 Å². The molecule has 0 aromatic heterocycles. The van der Waals surface area contributed by atoms with Crippen molar-refractivity contribution in [3.63, 3.8) is 0 Å². The molecule has 2 aliphatic rings. The molecule has 0 aromatic carbocycles. The first-order valence-electron chi connectivity index (χ1n) is 7.33. The van der Waals surface area contributed by atoms with Crippen LogP contribution in [-0.4, -0.2) is 60.7 Å². The summed E-state index contributed by atoms with van der Waals surface area (Å²) in [4.78, 5) is 18.3. The standard InChI is InChI=1S/C15H22N2O2S/c1-17(7-11(9-18)10-20-2)8-12-3-4-13-14(19)5-6-16-15(12)13/h3,6,11,18H,4-5,7-10H2,1-2H3/i6D. The number of nitrogens with zero attached hydrogens (tertiary/aromatic N) is 2. The summed E-state index contributed by atoms with van der Waals surface area (Å²) < 4.78 is 7.64. The molecule has 0 aromatic rings. The number of carbonyl (C=O) groups excluding carboxylic acids is 1. The molecule has 4 nitrogen and oxygen atoms in total. The highest BCUT2D eigenvalue weighted by atomic mass is 32.2. The molecule has 1 aliphatic carbocycles. The lowest BCUT2D eigenvalue weighted by Gasteiger charge is -2.23. The van der Waals surface area contributed by atoms with Crippen molar-refractivity contribution in [1.82, 2.24) is 4.90 Å². The second-order valence-corrected chi connectivity index (χ2v) is 6.24. The number of hydrogen-bond acceptors (Lipinski definition) is 5. The lowest BCUT2D eigenvalue weighted by atomic mass is 10.0. The SMILES string of the molecule is [2H]C1=NC2=C(CC=C2CN(C)CC(CO)CSC)C(=O)C1. The number of ketones is 1. The molecule has 0 bridgehead atoms. The third-order valence-electron chi connectivity index (χ3n) is 3.58. The van der Waals surface area contributed by atoms with Gasteiger partial charge in [0.15, 0.2) is 5.78 Å². The normalized spacial score (nSPS) is 20.8. The predicted octanol–water partition coefficient (Wildman–Crippen LogP) is 1.52. The van der Waals surface area contributed by atoms with E-state index in [-0.39, 0.29) is 30.9 Å². The predicted molar refractivity (Wildman–Crippen MR) is 84.3 cm³/mol. The van der Waals surface area contributed by atoms with Crippen LogP contribution in [0.4, 0.5) is 0 Å². The zero-order chi connectivity index (χ0) is 15.4. The van der Waals surface area contributed by atoms with Gasteiger partial charge >= 0.3 is 0 Å². The topological polar surface area (TPSA) is 52.9 Å². The Morgan fingerprint density at radius 3 is 3.10 bits per heavy atom. The largest absolute Gasteiger partial charge is 0.396 e. The van der Waals surface area contributed by atoms with Gasteiger partial charge in [0.2, 0.25) is 0 Å². The molecule has 20 heavy (non-hydrogen) atoms. The molecule has 1 N–H and O–H groups in total. The Hall–Kier alpha value is -0.910. The summed E-state index contributed by atoms with van der Waals surface area (Å²) in [6.07, 6.45) is 5.02. The number of aliphatic hydroxyl groups is 1. The van der Waals surface area contributed by atoms with Gasteiger partial charge in [-0.15, -0.1) is 0 Å². The van der Waals surface area contributed by atoms with Gasteiger partial charge in [0, 0.05) is 43.8 Å². The van der Waals surface area contributed by atoms with Crippen molar-refractivity contribution in [3.8, 4) is 0 Å². The summed E-state index contributed by atoms with van der Waals surface area (Å²) >= 11 is 1.74. The molecular weight excluding hydrogens is 272 g/mol. The lowest BCUT2D eigenvalue weighted by molar-refractivity contribution is -0.114. The van der Waals surface area contributed by atoms with Crippen LogP contribution in [-0.2, 0) is 4.79 Å². The molecule has 0 saturated carbocycles. The Labute approximate surface area is 126 Å². The van der Waals surface area contributed by atoms with Gasteiger partial charge in [-0.1, -0.05) is 6.08 Å². The lowest BCUT2D eigenvalue weighted by Crippen LogP contribution is -2.30. The highest BCUT2D eigenvalue weighted by Gasteiger charge is 2.25. The molecule has 0 spiro atoms. The minimum Gasteiger partial charge on any atom is -0.396 e. The van der Waals surface area contributed by atoms with E-state index in [9.17, 15) is 9.90 Å². The first-order chi connectivity index (χ1) is 10.0. The van der Waals surface area contributed by atoms with Gasteiger partial charge in [-0.25, -0.2) is 0 Å². The Morgan fingerprint density at radius 2 is 2.40 bits per heavy atom. The minimum atomic E-state index is 0.0366. The van der Waals surface area contributed by atoms with Crippen molar-refractivity contribution >= 4 is 23.7 Å². The second-order valence-electron chi connectivity index (χ2n) is 5.33. The summed E-state index contributed by atoms with van der Waals surface area (Å²) in [5.74, 6) is 1.22. The fraction of sp³-hybridized carbons (Fsp3) is 0.600. The number of allylic oxidation sites excluding steroid dienone is 2. The van der Waals surface area contributed by atoms with Crippen LogP contribution in [0.15, 0.2) is 27.9 Å². The van der Waals surface area contributed by atoms with E-state index in [1.54, 1.807) is 11.8 Å². The maximum absolute atomic E-state index is 11.9. The maximum atomic E-state index is 11.9. The average molecular weight is 295 g/mol. The van der Waals surface area contributed by atoms with Crippen LogP contribution in [0.1, 0.15) is 14.2 Å². The van der Waals surface area contributed by atoms with E-state index in [0.29, 0.717) is 18.7 Å². The molecule has 0 amide bonds. The van der Waals surface area contributed by atoms with Gasteiger partial charge < -0.3 is 10.0 Å². The fourth-order valence-corrected chi connectivity index (χ4v) is 3.31. The van der Waals surface area contributed by atoms with Crippen molar-refractivity contribution < 1.29 is 11.3 Å². The summed E-state index contributed by atoms with van der Waals surface area (Å²) in [5.41, 5.74) is 2.51. The van der Waals surface area contributed by atoms with Gasteiger partial charge in [0.05, 0.1) is 7.07 Å². The zero-order valence-corrected chi connectivity index (χ0v) is 12.9. The van der Waals surface area contributed by atoms with Crippen molar-refractivity contribution in [3.05, 3.63) is 22.9 Å². The average Bonchev–Trinajstić information content (AvgIpc) is 2.81. The summed E-state index contributed by atoms with van der Waals surface area (Å²) in [5, 5.41) is 9.37. The zero-order valence-electron chi connectivity index (χ0n) is 13.1. The van der Waals surface area contributed by atoms with Gasteiger partial charge in [-0.05, 0) is 31.1 Å². The summed E-state index contributed by atoms with van der Waals surface area (Å²) in [6, 6.07) is 0. The first-order valence-corrected chi connectivity index (χ1v) is 8.22. The van der Waals surface area contributed by atoms with Crippen LogP contribution in [0, 0.1) is 5.92 Å². The van der Waals surface area contributed by atoms with Gasteiger partial charge in [0.25, 0.3) is 0 Å². The smallest absolute Gasteiger partial charge is 0.166 e. The Balaban J connectivity index is 1.99. The molecule has 2 rings (SSSR count). The van der Waals surface area contributed by atoms with Crippen LogP contribution < -0.4 is 0 Å². The van der Waals surface area contributed by atoms with Crippen LogP contribution >= 0.6 is 11.8 Å². The van der Waals surface area contributed by atoms with Crippen LogP contribution in [0.2, 0.25) is 0 Å². The number of hydrogen-bond donors (Lipinski definition) is 1. The molecule has 0 radical (unpaired) electrons. The number of aliphatic hydroxyl groups excluding tert-OH is 1. The van der Waals surface area contributed by atoms with E-state index in [1.807, 2.05) is 19.4 Å². The molecule has 1 unspecified atom stereocenters. The van der Waals surface area contributed by atoms with E-state index in [4.69, 9.17) is 1.37 Å². The minimum absolute atomic E-state index is 0.0366. The number of thioether (sulfide) groups is 1. The number of carbonyl (C=O) groups is 1. The molecule has 0 fully saturated rings. The Bertz CT molecular complexity index is 514. The van der Waals surface area contributed by atoms with Gasteiger partial charge in [-0.3, -0.25) is 9.79 Å². The number of Topliss-reactive ketones (excluding diaryl/α,β-unsaturated/α-hetero) is 1.